The number of anilines is 1. The number of nitrogens with one attached hydrogen (secondary N) is 1. The van der Waals surface area contributed by atoms with Crippen molar-refractivity contribution >= 4 is 28.5 Å². The van der Waals surface area contributed by atoms with Gasteiger partial charge < -0.3 is 21.2 Å². The first-order valence-corrected chi connectivity index (χ1v) is 9.23. The average molecular weight is 376 g/mol. The number of rotatable bonds is 5. The zero-order valence-corrected chi connectivity index (χ0v) is 15.2. The van der Waals surface area contributed by atoms with Gasteiger partial charge in [0.15, 0.2) is 5.17 Å². The van der Waals surface area contributed by atoms with Gasteiger partial charge in [-0.3, -0.25) is 9.79 Å². The molecule has 2 aromatic rings. The first-order valence-electron chi connectivity index (χ1n) is 8.24. The Morgan fingerprint density at radius 2 is 2.31 bits per heavy atom. The van der Waals surface area contributed by atoms with E-state index in [1.807, 2.05) is 6.92 Å². The Hall–Kier alpha value is -2.32. The van der Waals surface area contributed by atoms with Crippen molar-refractivity contribution in [1.82, 2.24) is 0 Å². The van der Waals surface area contributed by atoms with Gasteiger partial charge in [0.25, 0.3) is 0 Å². The maximum absolute atomic E-state index is 14.4. The lowest BCUT2D eigenvalue weighted by Gasteiger charge is -2.30. The molecule has 1 aromatic heterocycles. The number of benzene rings is 1. The molecule has 1 aliphatic heterocycles. The molecule has 2 atom stereocenters. The van der Waals surface area contributed by atoms with Crippen LogP contribution < -0.4 is 16.8 Å². The van der Waals surface area contributed by atoms with E-state index < -0.39 is 11.6 Å². The van der Waals surface area contributed by atoms with Gasteiger partial charge in [-0.05, 0) is 43.7 Å². The highest BCUT2D eigenvalue weighted by atomic mass is 32.2. The van der Waals surface area contributed by atoms with Crippen molar-refractivity contribution in [2.75, 3.05) is 11.1 Å². The number of nitrogens with two attached hydrogens (primary N) is 2. The van der Waals surface area contributed by atoms with Crippen LogP contribution in [0.5, 0.6) is 0 Å². The number of hydrogen-bond donors (Lipinski definition) is 3. The summed E-state index contributed by atoms with van der Waals surface area (Å²) in [5.74, 6) is 0.639. The minimum absolute atomic E-state index is 0.280. The Balaban J connectivity index is 1.77. The third-order valence-corrected chi connectivity index (χ3v) is 5.14. The number of amidine groups is 1. The van der Waals surface area contributed by atoms with E-state index in [4.69, 9.17) is 15.9 Å². The second-order valence-electron chi connectivity index (χ2n) is 6.40. The maximum atomic E-state index is 14.4. The number of furan rings is 1. The van der Waals surface area contributed by atoms with Crippen molar-refractivity contribution in [3.05, 3.63) is 53.7 Å². The lowest BCUT2D eigenvalue weighted by atomic mass is 9.89. The van der Waals surface area contributed by atoms with Gasteiger partial charge in [-0.25, -0.2) is 4.39 Å². The SMILES string of the molecule is C[C@@]1(c2cc(NC(=O)[C@@H](N)Cc3ccco3)ccc2F)CCSC(N)=N1. The molecule has 6 nitrogen and oxygen atoms in total. The Morgan fingerprint density at radius 1 is 1.50 bits per heavy atom. The number of aliphatic imine (C=N–C) groups is 1. The van der Waals surface area contributed by atoms with Crippen LogP contribution in [-0.4, -0.2) is 22.9 Å². The van der Waals surface area contributed by atoms with E-state index in [1.54, 1.807) is 18.2 Å². The molecule has 0 fully saturated rings. The third-order valence-electron chi connectivity index (χ3n) is 4.35. The molecule has 138 valence electrons. The highest BCUT2D eigenvalue weighted by Crippen LogP contribution is 2.37. The van der Waals surface area contributed by atoms with E-state index in [2.05, 4.69) is 10.3 Å². The summed E-state index contributed by atoms with van der Waals surface area (Å²) in [6.45, 7) is 1.84. The fourth-order valence-electron chi connectivity index (χ4n) is 2.87. The van der Waals surface area contributed by atoms with Gasteiger partial charge in [0.2, 0.25) is 5.91 Å². The summed E-state index contributed by atoms with van der Waals surface area (Å²) in [7, 11) is 0. The Labute approximate surface area is 155 Å². The Kier molecular flexibility index (Phi) is 5.33. The molecule has 8 heteroatoms. The van der Waals surface area contributed by atoms with Crippen LogP contribution in [0.2, 0.25) is 0 Å². The van der Waals surface area contributed by atoms with Gasteiger partial charge in [-0.2, -0.15) is 0 Å². The molecule has 1 aliphatic rings. The number of hydrogen-bond acceptors (Lipinski definition) is 6. The lowest BCUT2D eigenvalue weighted by Crippen LogP contribution is -2.37. The fraction of sp³-hybridized carbons (Fsp3) is 0.333. The van der Waals surface area contributed by atoms with Gasteiger partial charge >= 0.3 is 0 Å². The Bertz CT molecular complexity index is 825. The molecule has 26 heavy (non-hydrogen) atoms. The first kappa shape index (κ1) is 18.5. The van der Waals surface area contributed by atoms with Crippen molar-refractivity contribution < 1.29 is 13.6 Å². The molecule has 3 rings (SSSR count). The van der Waals surface area contributed by atoms with Crippen LogP contribution in [0, 0.1) is 5.82 Å². The maximum Gasteiger partial charge on any atom is 0.241 e. The van der Waals surface area contributed by atoms with E-state index in [1.165, 1.54) is 30.2 Å². The third kappa shape index (κ3) is 4.08. The van der Waals surface area contributed by atoms with Crippen LogP contribution >= 0.6 is 11.8 Å². The molecule has 0 spiro atoms. The monoisotopic (exact) mass is 376 g/mol. The summed E-state index contributed by atoms with van der Waals surface area (Å²) in [5.41, 5.74) is 11.9. The van der Waals surface area contributed by atoms with Gasteiger partial charge in [0, 0.05) is 23.4 Å². The highest BCUT2D eigenvalue weighted by molar-refractivity contribution is 8.13. The van der Waals surface area contributed by atoms with E-state index in [9.17, 15) is 9.18 Å². The van der Waals surface area contributed by atoms with Gasteiger partial charge in [-0.15, -0.1) is 0 Å². The number of carbonyl (C=O) groups is 1. The molecular formula is C18H21FN4O2S. The minimum Gasteiger partial charge on any atom is -0.469 e. The quantitative estimate of drug-likeness (QED) is 0.744. The highest BCUT2D eigenvalue weighted by Gasteiger charge is 2.32. The Morgan fingerprint density at radius 3 is 3.00 bits per heavy atom. The molecule has 0 saturated carbocycles. The van der Waals surface area contributed by atoms with Crippen LogP contribution in [0.4, 0.5) is 10.1 Å². The van der Waals surface area contributed by atoms with E-state index in [-0.39, 0.29) is 18.1 Å². The molecule has 1 aromatic carbocycles. The van der Waals surface area contributed by atoms with Gasteiger partial charge in [0.1, 0.15) is 11.6 Å². The average Bonchev–Trinajstić information content (AvgIpc) is 3.09. The number of thioether (sulfide) groups is 1. The summed E-state index contributed by atoms with van der Waals surface area (Å²) < 4.78 is 19.6. The topological polar surface area (TPSA) is 107 Å². The van der Waals surface area contributed by atoms with Crippen LogP contribution in [0.3, 0.4) is 0 Å². The van der Waals surface area contributed by atoms with Crippen LogP contribution in [0.15, 0.2) is 46.0 Å². The summed E-state index contributed by atoms with van der Waals surface area (Å²) in [5, 5.41) is 3.17. The van der Waals surface area contributed by atoms with Crippen molar-refractivity contribution in [1.29, 1.82) is 0 Å². The van der Waals surface area contributed by atoms with Gasteiger partial charge in [-0.1, -0.05) is 11.8 Å². The van der Waals surface area contributed by atoms with E-state index >= 15 is 0 Å². The van der Waals surface area contributed by atoms with Crippen molar-refractivity contribution in [2.24, 2.45) is 16.5 Å². The number of nitrogens with zero attached hydrogens (tertiary/aromatic N) is 1. The van der Waals surface area contributed by atoms with Crippen molar-refractivity contribution in [2.45, 2.75) is 31.3 Å². The second kappa shape index (κ2) is 7.51. The molecule has 0 bridgehead atoms. The molecule has 0 radical (unpaired) electrons. The molecule has 1 amide bonds. The van der Waals surface area contributed by atoms with Crippen LogP contribution in [0.25, 0.3) is 0 Å². The zero-order chi connectivity index (χ0) is 18.7. The summed E-state index contributed by atoms with van der Waals surface area (Å²) >= 11 is 1.45. The van der Waals surface area contributed by atoms with E-state index in [0.29, 0.717) is 28.6 Å². The second-order valence-corrected chi connectivity index (χ2v) is 7.51. The lowest BCUT2D eigenvalue weighted by molar-refractivity contribution is -0.117. The summed E-state index contributed by atoms with van der Waals surface area (Å²) in [6, 6.07) is 7.14. The largest absolute Gasteiger partial charge is 0.469 e. The normalized spacial score (nSPS) is 21.1. The molecule has 0 saturated heterocycles. The zero-order valence-electron chi connectivity index (χ0n) is 14.4. The number of amides is 1. The van der Waals surface area contributed by atoms with E-state index in [0.717, 1.165) is 5.75 Å². The molecule has 0 aliphatic carbocycles. The molecule has 5 N–H and O–H groups in total. The predicted octanol–water partition coefficient (Wildman–Crippen LogP) is 2.59. The molecular weight excluding hydrogens is 355 g/mol. The standard InChI is InChI=1S/C18H21FN4O2S/c1-18(6-8-26-17(21)23-18)13-9-11(4-5-14(13)19)22-16(24)15(20)10-12-3-2-7-25-12/h2-5,7,9,15H,6,8,10,20H2,1H3,(H2,21,23)(H,22,24)/t15-,18-/m0/s1. The molecule has 0 unspecified atom stereocenters. The summed E-state index contributed by atoms with van der Waals surface area (Å²) in [6.07, 6.45) is 2.47. The van der Waals surface area contributed by atoms with Crippen LogP contribution in [-0.2, 0) is 16.8 Å². The first-order chi connectivity index (χ1) is 12.4. The van der Waals surface area contributed by atoms with Crippen LogP contribution in [0.1, 0.15) is 24.7 Å². The van der Waals surface area contributed by atoms with Gasteiger partial charge in [0.05, 0.1) is 17.8 Å². The fourth-order valence-corrected chi connectivity index (χ4v) is 3.84. The predicted molar refractivity (Wildman–Crippen MR) is 101 cm³/mol. The van der Waals surface area contributed by atoms with Crippen molar-refractivity contribution in [3.63, 3.8) is 0 Å². The minimum atomic E-state index is -0.773. The van der Waals surface area contributed by atoms with Crippen molar-refractivity contribution in [3.8, 4) is 0 Å². The smallest absolute Gasteiger partial charge is 0.241 e. The number of carbonyl (C=O) groups excluding carboxylic acids is 1. The molecule has 2 heterocycles. The summed E-state index contributed by atoms with van der Waals surface area (Å²) in [4.78, 5) is 16.7. The number of halogens is 1.